The van der Waals surface area contributed by atoms with Crippen molar-refractivity contribution in [2.24, 2.45) is 0 Å². The molecule has 0 N–H and O–H groups in total. The summed E-state index contributed by atoms with van der Waals surface area (Å²) >= 11 is 7.59. The van der Waals surface area contributed by atoms with Gasteiger partial charge in [-0.05, 0) is 0 Å². The third-order valence-electron chi connectivity index (χ3n) is 7.27. The average molecular weight is 776 g/mol. The van der Waals surface area contributed by atoms with Crippen LogP contribution < -0.4 is 0 Å². The Morgan fingerprint density at radius 2 is 1.03 bits per heavy atom. The van der Waals surface area contributed by atoms with Crippen molar-refractivity contribution in [2.45, 2.75) is 97.4 Å². The first-order valence-corrected chi connectivity index (χ1v) is 19.1. The van der Waals surface area contributed by atoms with Crippen molar-refractivity contribution < 1.29 is 9.59 Å². The Bertz CT molecular complexity index is 1170. The zero-order valence-corrected chi connectivity index (χ0v) is 29.1. The predicted octanol–water partition coefficient (Wildman–Crippen LogP) is 8.78. The molecule has 3 aromatic rings. The SMILES string of the molecule is CCCCCCCCN1C(=O)c2c(c(-c3ccc(Br)[se]3)n(CCCCCCCC)c2-c2ccc(Br)[se]2)C1=O. The van der Waals surface area contributed by atoms with Gasteiger partial charge >= 0.3 is 251 Å². The Labute approximate surface area is 256 Å². The zero-order valence-electron chi connectivity index (χ0n) is 22.5. The van der Waals surface area contributed by atoms with Crippen LogP contribution in [0.5, 0.6) is 0 Å². The number of carbonyl (C=O) groups excluding carboxylic acids is 2. The fourth-order valence-corrected chi connectivity index (χ4v) is 10.7. The number of unbranched alkanes of at least 4 members (excludes halogenated alkanes) is 10. The molecule has 8 heteroatoms. The molecule has 206 valence electrons. The fraction of sp³-hybridized carbons (Fsp3) is 0.533. The predicted molar refractivity (Wildman–Crippen MR) is 167 cm³/mol. The van der Waals surface area contributed by atoms with Crippen molar-refractivity contribution in [1.82, 2.24) is 9.47 Å². The molecule has 0 atom stereocenters. The average Bonchev–Trinajstić information content (AvgIpc) is 3.65. The van der Waals surface area contributed by atoms with Crippen molar-refractivity contribution in [1.29, 1.82) is 0 Å². The minimum absolute atomic E-state index is 0.0886. The van der Waals surface area contributed by atoms with Crippen LogP contribution in [0.4, 0.5) is 0 Å². The van der Waals surface area contributed by atoms with Gasteiger partial charge in [0.15, 0.2) is 0 Å². The Morgan fingerprint density at radius 3 is 1.45 bits per heavy atom. The van der Waals surface area contributed by atoms with Gasteiger partial charge in [0, 0.05) is 0 Å². The summed E-state index contributed by atoms with van der Waals surface area (Å²) in [5, 5.41) is 0. The number of nitrogens with zero attached hydrogens (tertiary/aromatic N) is 2. The van der Waals surface area contributed by atoms with Crippen molar-refractivity contribution in [3.8, 4) is 20.3 Å². The van der Waals surface area contributed by atoms with E-state index in [1.54, 1.807) is 4.90 Å². The Balaban J connectivity index is 1.69. The van der Waals surface area contributed by atoms with Gasteiger partial charge in [-0.25, -0.2) is 0 Å². The van der Waals surface area contributed by atoms with Crippen LogP contribution in [0.15, 0.2) is 31.0 Å². The van der Waals surface area contributed by atoms with Crippen LogP contribution in [-0.4, -0.2) is 56.8 Å². The van der Waals surface area contributed by atoms with Crippen molar-refractivity contribution in [3.05, 3.63) is 42.1 Å². The molecule has 0 fully saturated rings. The molecule has 0 radical (unpaired) electrons. The maximum atomic E-state index is 13.9. The number of imide groups is 1. The number of amides is 2. The second-order valence-electron chi connectivity index (χ2n) is 10.1. The summed E-state index contributed by atoms with van der Waals surface area (Å²) in [6.07, 6.45) is 14.1. The van der Waals surface area contributed by atoms with Crippen LogP contribution in [0.2, 0.25) is 0 Å². The van der Waals surface area contributed by atoms with Gasteiger partial charge in [-0.15, -0.1) is 0 Å². The summed E-state index contributed by atoms with van der Waals surface area (Å²) in [4.78, 5) is 29.4. The second-order valence-corrected chi connectivity index (χ2v) is 18.7. The summed E-state index contributed by atoms with van der Waals surface area (Å²) in [7, 11) is 0. The molecule has 3 aromatic heterocycles. The van der Waals surface area contributed by atoms with Crippen LogP contribution in [0.3, 0.4) is 0 Å². The number of aromatic nitrogens is 1. The van der Waals surface area contributed by atoms with Gasteiger partial charge < -0.3 is 0 Å². The Kier molecular flexibility index (Phi) is 11.9. The van der Waals surface area contributed by atoms with E-state index in [0.717, 1.165) is 37.2 Å². The van der Waals surface area contributed by atoms with E-state index < -0.39 is 0 Å². The van der Waals surface area contributed by atoms with Crippen molar-refractivity contribution in [2.75, 3.05) is 6.54 Å². The van der Waals surface area contributed by atoms with Gasteiger partial charge in [0.25, 0.3) is 0 Å². The Hall–Kier alpha value is -0.621. The van der Waals surface area contributed by atoms with Crippen LogP contribution in [0.1, 0.15) is 112 Å². The third-order valence-corrected chi connectivity index (χ3v) is 13.2. The molecule has 0 aliphatic carbocycles. The van der Waals surface area contributed by atoms with E-state index in [1.165, 1.54) is 73.4 Å². The molecular formula is C30H38Br2N2O2Se2. The molecule has 4 heterocycles. The van der Waals surface area contributed by atoms with E-state index >= 15 is 0 Å². The number of carbonyl (C=O) groups is 2. The topological polar surface area (TPSA) is 42.3 Å². The molecule has 0 saturated carbocycles. The van der Waals surface area contributed by atoms with Gasteiger partial charge in [-0.3, -0.25) is 0 Å². The van der Waals surface area contributed by atoms with Crippen LogP contribution >= 0.6 is 31.9 Å². The monoisotopic (exact) mass is 776 g/mol. The van der Waals surface area contributed by atoms with E-state index in [2.05, 4.69) is 74.5 Å². The summed E-state index contributed by atoms with van der Waals surface area (Å²) < 4.78 is 7.09. The summed E-state index contributed by atoms with van der Waals surface area (Å²) in [6, 6.07) is 8.51. The zero-order chi connectivity index (χ0) is 27.1. The van der Waals surface area contributed by atoms with E-state index in [-0.39, 0.29) is 40.8 Å². The first-order valence-electron chi connectivity index (χ1n) is 14.1. The number of rotatable bonds is 16. The third kappa shape index (κ3) is 6.98. The summed E-state index contributed by atoms with van der Waals surface area (Å²) in [5.74, 6) is -0.177. The van der Waals surface area contributed by atoms with E-state index in [0.29, 0.717) is 17.7 Å². The molecular weight excluding hydrogens is 738 g/mol. The van der Waals surface area contributed by atoms with E-state index in [1.807, 2.05) is 0 Å². The normalized spacial score (nSPS) is 13.2. The molecule has 0 saturated heterocycles. The van der Waals surface area contributed by atoms with Gasteiger partial charge in [0.1, 0.15) is 0 Å². The van der Waals surface area contributed by atoms with Crippen LogP contribution in [-0.2, 0) is 6.54 Å². The number of hydrogen-bond acceptors (Lipinski definition) is 2. The summed E-state index contributed by atoms with van der Waals surface area (Å²) in [5.41, 5.74) is 3.31. The standard InChI is InChI=1S/C30H38Br2N2O2Se2/c1-3-5-7-9-11-13-19-33-27(21-15-17-23(31)37-21)25-26(28(33)22-16-18-24(32)38-22)30(36)34(29(25)35)20-14-12-10-8-6-4-2/h15-18H,3-14,19-20H2,1-2H3. The van der Waals surface area contributed by atoms with Gasteiger partial charge in [0.2, 0.25) is 0 Å². The maximum absolute atomic E-state index is 13.9. The molecule has 38 heavy (non-hydrogen) atoms. The molecule has 0 bridgehead atoms. The fourth-order valence-electron chi connectivity index (χ4n) is 5.32. The molecule has 1 aliphatic heterocycles. The molecule has 1 aliphatic rings. The molecule has 4 rings (SSSR count). The van der Waals surface area contributed by atoms with Crippen LogP contribution in [0.25, 0.3) is 20.3 Å². The van der Waals surface area contributed by atoms with Crippen molar-refractivity contribution in [3.63, 3.8) is 0 Å². The minimum atomic E-state index is -0.0886. The number of halogens is 2. The van der Waals surface area contributed by atoms with Crippen molar-refractivity contribution >= 4 is 72.7 Å². The Morgan fingerprint density at radius 1 is 0.605 bits per heavy atom. The van der Waals surface area contributed by atoms with Gasteiger partial charge in [-0.1, -0.05) is 6.92 Å². The first kappa shape index (κ1) is 30.3. The molecule has 0 spiro atoms. The van der Waals surface area contributed by atoms with E-state index in [4.69, 9.17) is 0 Å². The number of fused-ring (bicyclic) bond motifs is 1. The quantitative estimate of drug-likeness (QED) is 0.0830. The summed E-state index contributed by atoms with van der Waals surface area (Å²) in [6.45, 7) is 5.83. The first-order chi connectivity index (χ1) is 18.5. The number of hydrogen-bond donors (Lipinski definition) is 0. The molecule has 2 amide bonds. The molecule has 0 unspecified atom stereocenters. The van der Waals surface area contributed by atoms with E-state index in [9.17, 15) is 9.59 Å². The molecule has 0 aromatic carbocycles. The second kappa shape index (κ2) is 14.8. The van der Waals surface area contributed by atoms with Gasteiger partial charge in [-0.2, -0.15) is 0 Å². The van der Waals surface area contributed by atoms with Crippen LogP contribution in [0, 0.1) is 0 Å². The molecule has 4 nitrogen and oxygen atoms in total. The van der Waals surface area contributed by atoms with Gasteiger partial charge in [0.05, 0.1) is 0 Å².